The molecule has 1 atom stereocenters. The molecule has 1 unspecified atom stereocenters. The molecule has 2 aliphatic rings. The number of hydrogen-bond donors (Lipinski definition) is 3. The topological polar surface area (TPSA) is 105 Å². The molecular weight excluding hydrogens is 396 g/mol. The Bertz CT molecular complexity index is 841. The zero-order valence-electron chi connectivity index (χ0n) is 17.6. The molecule has 1 aliphatic carbocycles. The first-order valence-electron chi connectivity index (χ1n) is 11.0. The maximum absolute atomic E-state index is 12.5. The van der Waals surface area contributed by atoms with Gasteiger partial charge in [-0.2, -0.15) is 0 Å². The number of allylic oxidation sites excluding steroid dienone is 2. The van der Waals surface area contributed by atoms with Crippen LogP contribution in [-0.4, -0.2) is 35.5 Å². The minimum absolute atomic E-state index is 0.174. The number of nitrogens with one attached hydrogen (secondary N) is 2. The van der Waals surface area contributed by atoms with Crippen LogP contribution in [-0.2, 0) is 20.9 Å². The van der Waals surface area contributed by atoms with Crippen LogP contribution in [0.25, 0.3) is 0 Å². The molecule has 3 rings (SSSR count). The van der Waals surface area contributed by atoms with Crippen molar-refractivity contribution in [3.8, 4) is 0 Å². The number of Topliss-reactive ketones (excluding diaryl/α,β-unsaturated/α-hetero) is 1. The van der Waals surface area contributed by atoms with E-state index in [0.717, 1.165) is 18.4 Å². The number of hydrogen-bond acceptors (Lipinski definition) is 5. The maximum atomic E-state index is 12.5. The van der Waals surface area contributed by atoms with Crippen LogP contribution in [0.15, 0.2) is 53.8 Å². The maximum Gasteiger partial charge on any atom is 0.407 e. The van der Waals surface area contributed by atoms with Crippen molar-refractivity contribution in [2.45, 2.75) is 57.6 Å². The second kappa shape index (κ2) is 11.3. The Morgan fingerprint density at radius 1 is 1.16 bits per heavy atom. The number of benzene rings is 1. The van der Waals surface area contributed by atoms with E-state index in [0.29, 0.717) is 25.3 Å². The average molecular weight is 427 g/mol. The molecule has 1 saturated heterocycles. The molecule has 31 heavy (non-hydrogen) atoms. The van der Waals surface area contributed by atoms with Gasteiger partial charge in [-0.1, -0.05) is 55.7 Å². The highest BCUT2D eigenvalue weighted by Crippen LogP contribution is 2.25. The van der Waals surface area contributed by atoms with Crippen molar-refractivity contribution in [2.75, 3.05) is 6.54 Å². The van der Waals surface area contributed by atoms with Gasteiger partial charge in [-0.15, -0.1) is 0 Å². The van der Waals surface area contributed by atoms with Gasteiger partial charge in [0, 0.05) is 6.54 Å². The smallest absolute Gasteiger partial charge is 0.407 e. The number of rotatable bonds is 8. The zero-order valence-corrected chi connectivity index (χ0v) is 17.6. The quantitative estimate of drug-likeness (QED) is 0.254. The van der Waals surface area contributed by atoms with Gasteiger partial charge in [0.2, 0.25) is 0 Å². The number of amides is 2. The predicted octanol–water partition coefficient (Wildman–Crippen LogP) is 3.71. The molecule has 2 amide bonds. The van der Waals surface area contributed by atoms with E-state index in [1.165, 1.54) is 25.3 Å². The Kier molecular flexibility index (Phi) is 8.27. The summed E-state index contributed by atoms with van der Waals surface area (Å²) in [6, 6.07) is 8.68. The minimum Gasteiger partial charge on any atom is -0.507 e. The molecule has 3 N–H and O–H groups in total. The normalized spacial score (nSPS) is 21.2. The molecule has 0 bridgehead atoms. The number of alkyl carbamates (subject to hydrolysis) is 1. The fourth-order valence-electron chi connectivity index (χ4n) is 3.94. The molecular formula is C24H30N2O5. The van der Waals surface area contributed by atoms with Gasteiger partial charge < -0.3 is 20.5 Å². The van der Waals surface area contributed by atoms with Crippen LogP contribution in [0.3, 0.4) is 0 Å². The summed E-state index contributed by atoms with van der Waals surface area (Å²) in [5.74, 6) is -0.823. The van der Waals surface area contributed by atoms with E-state index in [-0.39, 0.29) is 17.9 Å². The van der Waals surface area contributed by atoms with E-state index in [1.54, 1.807) is 0 Å². The van der Waals surface area contributed by atoms with E-state index in [2.05, 4.69) is 10.6 Å². The van der Waals surface area contributed by atoms with E-state index < -0.39 is 23.8 Å². The fraction of sp³-hybridized carbons (Fsp3) is 0.458. The van der Waals surface area contributed by atoms with Crippen molar-refractivity contribution < 1.29 is 24.2 Å². The number of carbonyl (C=O) groups excluding carboxylic acids is 3. The molecule has 0 spiro atoms. The highest BCUT2D eigenvalue weighted by atomic mass is 16.5. The Hall–Kier alpha value is -3.09. The number of ether oxygens (including phenoxy) is 1. The molecule has 166 valence electrons. The summed E-state index contributed by atoms with van der Waals surface area (Å²) in [5.41, 5.74) is 0.723. The Morgan fingerprint density at radius 2 is 1.90 bits per heavy atom. The van der Waals surface area contributed by atoms with Crippen LogP contribution < -0.4 is 10.6 Å². The van der Waals surface area contributed by atoms with Crippen LogP contribution >= 0.6 is 0 Å². The summed E-state index contributed by atoms with van der Waals surface area (Å²) in [6.45, 7) is 0.505. The highest BCUT2D eigenvalue weighted by molar-refractivity contribution is 6.27. The lowest BCUT2D eigenvalue weighted by molar-refractivity contribution is -0.117. The molecule has 7 nitrogen and oxygen atoms in total. The van der Waals surface area contributed by atoms with Gasteiger partial charge in [0.1, 0.15) is 17.9 Å². The first kappa shape index (κ1) is 22.6. The van der Waals surface area contributed by atoms with E-state index in [1.807, 2.05) is 36.4 Å². The lowest BCUT2D eigenvalue weighted by Crippen LogP contribution is -2.31. The molecule has 0 radical (unpaired) electrons. The molecule has 7 heteroatoms. The summed E-state index contributed by atoms with van der Waals surface area (Å²) < 4.78 is 5.13. The van der Waals surface area contributed by atoms with Crippen molar-refractivity contribution in [1.29, 1.82) is 0 Å². The number of carbonyl (C=O) groups is 3. The average Bonchev–Trinajstić information content (AvgIpc) is 3.08. The third kappa shape index (κ3) is 6.70. The number of aliphatic hydroxyl groups is 1. The Labute approximate surface area is 182 Å². The molecule has 1 aliphatic heterocycles. The monoisotopic (exact) mass is 426 g/mol. The van der Waals surface area contributed by atoms with Crippen LogP contribution in [0.4, 0.5) is 4.79 Å². The molecule has 0 aromatic heterocycles. The SMILES string of the molecule is O=C(NCCCC1NC(=O)/C(=C(O)/C=C/C2CCCCC2)C1=O)OCc1ccccc1. The van der Waals surface area contributed by atoms with Crippen molar-refractivity contribution in [3.05, 3.63) is 59.4 Å². The first-order valence-corrected chi connectivity index (χ1v) is 11.0. The predicted molar refractivity (Wildman–Crippen MR) is 116 cm³/mol. The van der Waals surface area contributed by atoms with Gasteiger partial charge in [0.15, 0.2) is 5.78 Å². The third-order valence-electron chi connectivity index (χ3n) is 5.68. The molecule has 1 aromatic rings. The molecule has 1 aromatic carbocycles. The molecule has 1 heterocycles. The first-order chi connectivity index (χ1) is 15.0. The van der Waals surface area contributed by atoms with Crippen molar-refractivity contribution in [1.82, 2.24) is 10.6 Å². The van der Waals surface area contributed by atoms with Crippen LogP contribution in [0.1, 0.15) is 50.5 Å². The van der Waals surface area contributed by atoms with Gasteiger partial charge in [-0.25, -0.2) is 4.79 Å². The van der Waals surface area contributed by atoms with Gasteiger partial charge in [0.05, 0.1) is 6.04 Å². The van der Waals surface area contributed by atoms with E-state index in [4.69, 9.17) is 4.74 Å². The Balaban J connectivity index is 1.41. The number of aliphatic hydroxyl groups excluding tert-OH is 1. The largest absolute Gasteiger partial charge is 0.507 e. The van der Waals surface area contributed by atoms with Crippen LogP contribution in [0.5, 0.6) is 0 Å². The second-order valence-electron chi connectivity index (χ2n) is 8.04. The van der Waals surface area contributed by atoms with Gasteiger partial charge in [-0.3, -0.25) is 9.59 Å². The van der Waals surface area contributed by atoms with E-state index in [9.17, 15) is 19.5 Å². The van der Waals surface area contributed by atoms with Gasteiger partial charge in [0.25, 0.3) is 5.91 Å². The standard InChI is InChI=1S/C24H30N2O5/c27-20(14-13-17-8-3-1-4-9-17)21-22(28)19(26-23(21)29)12-7-15-25-24(30)31-16-18-10-5-2-6-11-18/h2,5-6,10-11,13-14,17,19,27H,1,3-4,7-9,12,15-16H2,(H,25,30)(H,26,29)/b14-13+,21-20-. The molecule has 2 fully saturated rings. The summed E-state index contributed by atoms with van der Waals surface area (Å²) >= 11 is 0. The van der Waals surface area contributed by atoms with Crippen LogP contribution in [0.2, 0.25) is 0 Å². The lowest BCUT2D eigenvalue weighted by atomic mass is 9.89. The Morgan fingerprint density at radius 3 is 2.65 bits per heavy atom. The van der Waals surface area contributed by atoms with Crippen molar-refractivity contribution in [3.63, 3.8) is 0 Å². The van der Waals surface area contributed by atoms with Crippen molar-refractivity contribution in [2.24, 2.45) is 5.92 Å². The zero-order chi connectivity index (χ0) is 22.1. The molecule has 1 saturated carbocycles. The van der Waals surface area contributed by atoms with Crippen molar-refractivity contribution >= 4 is 17.8 Å². The summed E-state index contributed by atoms with van der Waals surface area (Å²) in [5, 5.41) is 15.5. The summed E-state index contributed by atoms with van der Waals surface area (Å²) in [6.07, 6.45) is 9.44. The summed E-state index contributed by atoms with van der Waals surface area (Å²) in [7, 11) is 0. The highest BCUT2D eigenvalue weighted by Gasteiger charge is 2.37. The third-order valence-corrected chi connectivity index (χ3v) is 5.68. The van der Waals surface area contributed by atoms with E-state index >= 15 is 0 Å². The fourth-order valence-corrected chi connectivity index (χ4v) is 3.94. The van der Waals surface area contributed by atoms with Gasteiger partial charge >= 0.3 is 6.09 Å². The minimum atomic E-state index is -0.685. The lowest BCUT2D eigenvalue weighted by Gasteiger charge is -2.17. The number of ketones is 1. The summed E-state index contributed by atoms with van der Waals surface area (Å²) in [4.78, 5) is 36.5. The van der Waals surface area contributed by atoms with Crippen LogP contribution in [0, 0.1) is 5.92 Å². The van der Waals surface area contributed by atoms with Gasteiger partial charge in [-0.05, 0) is 43.2 Å². The second-order valence-corrected chi connectivity index (χ2v) is 8.04.